The number of rotatable bonds is 4. The molecular formula is C15H20ClN3OS. The van der Waals surface area contributed by atoms with Crippen molar-refractivity contribution in [3.63, 3.8) is 0 Å². The lowest BCUT2D eigenvalue weighted by atomic mass is 10.1. The van der Waals surface area contributed by atoms with E-state index in [0.717, 1.165) is 19.5 Å². The zero-order chi connectivity index (χ0) is 15.4. The molecule has 1 heterocycles. The standard InChI is InChI=1S/C15H20ClN3OS/c1-2-13(14(17)21)18-7-9-19(10-8-18)15(20)11-3-5-12(16)6-4-11/h3-6,13H,2,7-10H2,1H3,(H2,17,21). The fraction of sp³-hybridized carbons (Fsp3) is 0.467. The van der Waals surface area contributed by atoms with Crippen LogP contribution in [-0.2, 0) is 0 Å². The molecule has 1 aromatic carbocycles. The summed E-state index contributed by atoms with van der Waals surface area (Å²) in [6.45, 7) is 5.07. The molecule has 2 rings (SSSR count). The first-order chi connectivity index (χ1) is 10.0. The maximum Gasteiger partial charge on any atom is 0.253 e. The Morgan fingerprint density at radius 2 is 1.86 bits per heavy atom. The minimum atomic E-state index is 0.0506. The average molecular weight is 326 g/mol. The monoisotopic (exact) mass is 325 g/mol. The minimum Gasteiger partial charge on any atom is -0.392 e. The summed E-state index contributed by atoms with van der Waals surface area (Å²) in [6, 6.07) is 7.14. The molecule has 0 saturated carbocycles. The fourth-order valence-electron chi connectivity index (χ4n) is 2.65. The molecule has 0 aliphatic carbocycles. The van der Waals surface area contributed by atoms with Gasteiger partial charge in [0.2, 0.25) is 0 Å². The Morgan fingerprint density at radius 3 is 2.33 bits per heavy atom. The molecule has 0 radical (unpaired) electrons. The highest BCUT2D eigenvalue weighted by molar-refractivity contribution is 7.80. The van der Waals surface area contributed by atoms with Gasteiger partial charge in [-0.25, -0.2) is 0 Å². The van der Waals surface area contributed by atoms with E-state index in [1.54, 1.807) is 24.3 Å². The second-order valence-corrected chi connectivity index (χ2v) is 6.07. The van der Waals surface area contributed by atoms with Gasteiger partial charge in [0.25, 0.3) is 5.91 Å². The molecule has 1 unspecified atom stereocenters. The molecule has 114 valence electrons. The molecule has 0 bridgehead atoms. The predicted molar refractivity (Wildman–Crippen MR) is 89.8 cm³/mol. The maximum atomic E-state index is 12.4. The molecule has 4 nitrogen and oxygen atoms in total. The van der Waals surface area contributed by atoms with E-state index in [1.807, 2.05) is 4.90 Å². The first kappa shape index (κ1) is 16.2. The SMILES string of the molecule is CCC(C(N)=S)N1CCN(C(=O)c2ccc(Cl)cc2)CC1. The van der Waals surface area contributed by atoms with E-state index in [1.165, 1.54) is 0 Å². The van der Waals surface area contributed by atoms with Crippen molar-refractivity contribution in [3.8, 4) is 0 Å². The zero-order valence-electron chi connectivity index (χ0n) is 12.1. The summed E-state index contributed by atoms with van der Waals surface area (Å²) in [5.41, 5.74) is 6.45. The Balaban J connectivity index is 1.96. The third kappa shape index (κ3) is 3.93. The van der Waals surface area contributed by atoms with E-state index in [-0.39, 0.29) is 11.9 Å². The number of hydrogen-bond acceptors (Lipinski definition) is 3. The normalized spacial score (nSPS) is 17.5. The zero-order valence-corrected chi connectivity index (χ0v) is 13.7. The number of hydrogen-bond donors (Lipinski definition) is 1. The largest absolute Gasteiger partial charge is 0.392 e. The molecular weight excluding hydrogens is 306 g/mol. The van der Waals surface area contributed by atoms with Crippen LogP contribution < -0.4 is 5.73 Å². The molecule has 1 aliphatic rings. The Kier molecular flexibility index (Phi) is 5.56. The molecule has 1 amide bonds. The van der Waals surface area contributed by atoms with Crippen LogP contribution in [0.25, 0.3) is 0 Å². The quantitative estimate of drug-likeness (QED) is 0.862. The lowest BCUT2D eigenvalue weighted by molar-refractivity contribution is 0.0612. The van der Waals surface area contributed by atoms with Gasteiger partial charge in [-0.15, -0.1) is 0 Å². The van der Waals surface area contributed by atoms with E-state index < -0.39 is 0 Å². The topological polar surface area (TPSA) is 49.6 Å². The summed E-state index contributed by atoms with van der Waals surface area (Å²) in [5.74, 6) is 0.0506. The van der Waals surface area contributed by atoms with Crippen LogP contribution >= 0.6 is 23.8 Å². The Bertz CT molecular complexity index is 512. The molecule has 1 saturated heterocycles. The van der Waals surface area contributed by atoms with Gasteiger partial charge in [-0.1, -0.05) is 30.7 Å². The summed E-state index contributed by atoms with van der Waals surface area (Å²) >= 11 is 11.0. The maximum absolute atomic E-state index is 12.4. The Morgan fingerprint density at radius 1 is 1.29 bits per heavy atom. The van der Waals surface area contributed by atoms with Gasteiger partial charge in [0, 0.05) is 36.8 Å². The van der Waals surface area contributed by atoms with E-state index in [4.69, 9.17) is 29.6 Å². The van der Waals surface area contributed by atoms with Gasteiger partial charge in [-0.05, 0) is 30.7 Å². The highest BCUT2D eigenvalue weighted by Crippen LogP contribution is 2.15. The van der Waals surface area contributed by atoms with Crippen molar-refractivity contribution < 1.29 is 4.79 Å². The van der Waals surface area contributed by atoms with Gasteiger partial charge >= 0.3 is 0 Å². The second kappa shape index (κ2) is 7.20. The van der Waals surface area contributed by atoms with Gasteiger partial charge in [0.15, 0.2) is 0 Å². The number of nitrogens with zero attached hydrogens (tertiary/aromatic N) is 2. The molecule has 1 fully saturated rings. The summed E-state index contributed by atoms with van der Waals surface area (Å²) in [4.78, 5) is 17.1. The average Bonchev–Trinajstić information content (AvgIpc) is 2.48. The minimum absolute atomic E-state index is 0.0506. The van der Waals surface area contributed by atoms with Crippen LogP contribution in [0.5, 0.6) is 0 Å². The molecule has 2 N–H and O–H groups in total. The number of carbonyl (C=O) groups excluding carboxylic acids is 1. The summed E-state index contributed by atoms with van der Waals surface area (Å²) in [6.07, 6.45) is 0.903. The summed E-state index contributed by atoms with van der Waals surface area (Å²) in [5, 5.41) is 0.638. The summed E-state index contributed by atoms with van der Waals surface area (Å²) in [7, 11) is 0. The van der Waals surface area contributed by atoms with Gasteiger partial charge < -0.3 is 10.6 Å². The number of carbonyl (C=O) groups is 1. The van der Waals surface area contributed by atoms with Crippen molar-refractivity contribution in [1.82, 2.24) is 9.80 Å². The number of piperazine rings is 1. The van der Waals surface area contributed by atoms with Crippen LogP contribution in [0, 0.1) is 0 Å². The van der Waals surface area contributed by atoms with Crippen molar-refractivity contribution >= 4 is 34.7 Å². The van der Waals surface area contributed by atoms with Crippen molar-refractivity contribution in [2.24, 2.45) is 5.73 Å². The van der Waals surface area contributed by atoms with Crippen molar-refractivity contribution in [1.29, 1.82) is 0 Å². The Hall–Kier alpha value is -1.17. The highest BCUT2D eigenvalue weighted by atomic mass is 35.5. The molecule has 6 heteroatoms. The van der Waals surface area contributed by atoms with Gasteiger partial charge in [-0.2, -0.15) is 0 Å². The van der Waals surface area contributed by atoms with Crippen LogP contribution in [0.3, 0.4) is 0 Å². The van der Waals surface area contributed by atoms with Crippen LogP contribution in [0.2, 0.25) is 5.02 Å². The number of halogens is 1. The third-order valence-corrected chi connectivity index (χ3v) is 4.37. The van der Waals surface area contributed by atoms with E-state index in [2.05, 4.69) is 11.8 Å². The molecule has 0 aromatic heterocycles. The second-order valence-electron chi connectivity index (χ2n) is 5.16. The first-order valence-electron chi connectivity index (χ1n) is 7.11. The van der Waals surface area contributed by atoms with Crippen molar-refractivity contribution in [3.05, 3.63) is 34.9 Å². The van der Waals surface area contributed by atoms with Gasteiger partial charge in [-0.3, -0.25) is 9.69 Å². The molecule has 0 spiro atoms. The first-order valence-corrected chi connectivity index (χ1v) is 7.89. The number of nitrogens with two attached hydrogens (primary N) is 1. The summed E-state index contributed by atoms with van der Waals surface area (Å²) < 4.78 is 0. The van der Waals surface area contributed by atoms with E-state index >= 15 is 0 Å². The van der Waals surface area contributed by atoms with Gasteiger partial charge in [0.1, 0.15) is 0 Å². The predicted octanol–water partition coefficient (Wildman–Crippen LogP) is 2.16. The lowest BCUT2D eigenvalue weighted by Gasteiger charge is -2.38. The van der Waals surface area contributed by atoms with Crippen LogP contribution in [-0.4, -0.2) is 52.9 Å². The molecule has 1 aliphatic heterocycles. The van der Waals surface area contributed by atoms with Gasteiger partial charge in [0.05, 0.1) is 11.0 Å². The van der Waals surface area contributed by atoms with Crippen molar-refractivity contribution in [2.45, 2.75) is 19.4 Å². The number of amides is 1. The van der Waals surface area contributed by atoms with Crippen LogP contribution in [0.15, 0.2) is 24.3 Å². The van der Waals surface area contributed by atoms with Crippen LogP contribution in [0.4, 0.5) is 0 Å². The smallest absolute Gasteiger partial charge is 0.253 e. The number of benzene rings is 1. The fourth-order valence-corrected chi connectivity index (χ4v) is 3.09. The van der Waals surface area contributed by atoms with Crippen molar-refractivity contribution in [2.75, 3.05) is 26.2 Å². The molecule has 1 aromatic rings. The number of thiocarbonyl (C=S) groups is 1. The third-order valence-electron chi connectivity index (χ3n) is 3.85. The van der Waals surface area contributed by atoms with E-state index in [9.17, 15) is 4.79 Å². The van der Waals surface area contributed by atoms with Crippen LogP contribution in [0.1, 0.15) is 23.7 Å². The lowest BCUT2D eigenvalue weighted by Crippen LogP contribution is -2.54. The Labute approximate surface area is 135 Å². The highest BCUT2D eigenvalue weighted by Gasteiger charge is 2.26. The molecule has 1 atom stereocenters. The molecule has 21 heavy (non-hydrogen) atoms. The van der Waals surface area contributed by atoms with E-state index in [0.29, 0.717) is 28.7 Å².